The molecule has 1 unspecified atom stereocenters. The van der Waals surface area contributed by atoms with E-state index in [0.29, 0.717) is 23.2 Å². The zero-order valence-electron chi connectivity index (χ0n) is 11.6. The van der Waals surface area contributed by atoms with Gasteiger partial charge in [-0.15, -0.1) is 0 Å². The fraction of sp³-hybridized carbons (Fsp3) is 0.571. The minimum atomic E-state index is 0.267. The maximum Gasteiger partial charge on any atom is 0.0670 e. The Hall–Kier alpha value is -0.930. The molecule has 0 aliphatic heterocycles. The second kappa shape index (κ2) is 6.86. The quantitative estimate of drug-likeness (QED) is 0.775. The molecule has 3 N–H and O–H groups in total. The smallest absolute Gasteiger partial charge is 0.0670 e. The third-order valence-corrected chi connectivity index (χ3v) is 3.32. The Morgan fingerprint density at radius 1 is 1.39 bits per heavy atom. The first-order valence-corrected chi connectivity index (χ1v) is 6.73. The topological polar surface area (TPSA) is 47.3 Å². The van der Waals surface area contributed by atoms with Crippen molar-refractivity contribution in [3.8, 4) is 0 Å². The van der Waals surface area contributed by atoms with E-state index in [2.05, 4.69) is 19.2 Å². The number of aryl methyl sites for hydroxylation is 1. The summed E-state index contributed by atoms with van der Waals surface area (Å²) in [5.74, 6) is 0.479. The Labute approximate surface area is 115 Å². The van der Waals surface area contributed by atoms with Crippen molar-refractivity contribution in [3.63, 3.8) is 0 Å². The van der Waals surface area contributed by atoms with Crippen LogP contribution in [0, 0.1) is 12.8 Å². The minimum Gasteiger partial charge on any atom is -0.398 e. The molecular weight excluding hydrogens is 248 g/mol. The molecule has 3 nitrogen and oxygen atoms in total. The van der Waals surface area contributed by atoms with E-state index in [1.54, 1.807) is 0 Å². The van der Waals surface area contributed by atoms with Crippen molar-refractivity contribution >= 4 is 23.0 Å². The lowest BCUT2D eigenvalue weighted by atomic mass is 10.0. The predicted octanol–water partition coefficient (Wildman–Crippen LogP) is 3.70. The van der Waals surface area contributed by atoms with Crippen LogP contribution in [0.5, 0.6) is 0 Å². The highest BCUT2D eigenvalue weighted by atomic mass is 35.5. The molecule has 18 heavy (non-hydrogen) atoms. The van der Waals surface area contributed by atoms with Crippen LogP contribution in [0.15, 0.2) is 12.1 Å². The van der Waals surface area contributed by atoms with Crippen LogP contribution in [0.4, 0.5) is 11.4 Å². The number of ether oxygens (including phenoxy) is 1. The summed E-state index contributed by atoms with van der Waals surface area (Å²) in [6, 6.07) is 4.04. The average Bonchev–Trinajstić information content (AvgIpc) is 2.30. The number of hydrogen-bond donors (Lipinski definition) is 2. The van der Waals surface area contributed by atoms with Crippen LogP contribution in [0.3, 0.4) is 0 Å². The van der Waals surface area contributed by atoms with Gasteiger partial charge < -0.3 is 15.8 Å². The lowest BCUT2D eigenvalue weighted by Gasteiger charge is -2.24. The van der Waals surface area contributed by atoms with Crippen LogP contribution in [-0.4, -0.2) is 19.3 Å². The molecule has 0 fully saturated rings. The van der Waals surface area contributed by atoms with E-state index in [1.165, 1.54) is 0 Å². The van der Waals surface area contributed by atoms with E-state index < -0.39 is 0 Å². The first-order valence-electron chi connectivity index (χ1n) is 6.35. The molecule has 1 rings (SSSR count). The summed E-state index contributed by atoms with van der Waals surface area (Å²) in [6.07, 6.45) is 0. The van der Waals surface area contributed by atoms with Gasteiger partial charge in [-0.3, -0.25) is 0 Å². The van der Waals surface area contributed by atoms with Gasteiger partial charge in [-0.2, -0.15) is 0 Å². The fourth-order valence-electron chi connectivity index (χ4n) is 1.70. The molecule has 0 radical (unpaired) electrons. The lowest BCUT2D eigenvalue weighted by molar-refractivity contribution is 0.127. The van der Waals surface area contributed by atoms with Crippen LogP contribution in [0.25, 0.3) is 0 Å². The molecule has 0 amide bonds. The summed E-state index contributed by atoms with van der Waals surface area (Å²) in [4.78, 5) is 0. The summed E-state index contributed by atoms with van der Waals surface area (Å²) in [5.41, 5.74) is 8.51. The fourth-order valence-corrected chi connectivity index (χ4v) is 1.87. The maximum atomic E-state index is 6.06. The molecule has 1 aromatic carbocycles. The third kappa shape index (κ3) is 4.07. The van der Waals surface area contributed by atoms with Gasteiger partial charge in [0.25, 0.3) is 0 Å². The maximum absolute atomic E-state index is 6.06. The Kier molecular flexibility index (Phi) is 5.76. The zero-order chi connectivity index (χ0) is 13.7. The molecule has 1 aromatic rings. The normalized spacial score (nSPS) is 12.8. The molecular formula is C14H23ClN2O. The Balaban J connectivity index is 2.83. The third-order valence-electron chi connectivity index (χ3n) is 2.99. The predicted molar refractivity (Wildman–Crippen MR) is 79.3 cm³/mol. The van der Waals surface area contributed by atoms with Gasteiger partial charge in [0.1, 0.15) is 0 Å². The number of nitrogens with two attached hydrogens (primary N) is 1. The first kappa shape index (κ1) is 15.1. The molecule has 0 saturated carbocycles. The molecule has 0 spiro atoms. The highest BCUT2D eigenvalue weighted by molar-refractivity contribution is 6.33. The van der Waals surface area contributed by atoms with Crippen molar-refractivity contribution in [1.82, 2.24) is 0 Å². The van der Waals surface area contributed by atoms with Crippen molar-refractivity contribution in [2.24, 2.45) is 5.92 Å². The van der Waals surface area contributed by atoms with E-state index in [1.807, 2.05) is 26.0 Å². The number of rotatable bonds is 6. The van der Waals surface area contributed by atoms with Crippen molar-refractivity contribution in [1.29, 1.82) is 0 Å². The summed E-state index contributed by atoms with van der Waals surface area (Å²) in [6.45, 7) is 9.79. The van der Waals surface area contributed by atoms with Gasteiger partial charge in [0.2, 0.25) is 0 Å². The van der Waals surface area contributed by atoms with Crippen LogP contribution < -0.4 is 11.1 Å². The van der Waals surface area contributed by atoms with Crippen LogP contribution in [0.2, 0.25) is 5.02 Å². The van der Waals surface area contributed by atoms with Gasteiger partial charge in [-0.25, -0.2) is 0 Å². The van der Waals surface area contributed by atoms with Gasteiger partial charge in [0.15, 0.2) is 0 Å². The summed E-state index contributed by atoms with van der Waals surface area (Å²) in [7, 11) is 0. The summed E-state index contributed by atoms with van der Waals surface area (Å²) in [5, 5.41) is 4.07. The van der Waals surface area contributed by atoms with Crippen molar-refractivity contribution in [2.45, 2.75) is 33.7 Å². The van der Waals surface area contributed by atoms with E-state index in [9.17, 15) is 0 Å². The van der Waals surface area contributed by atoms with E-state index in [0.717, 1.165) is 17.9 Å². The van der Waals surface area contributed by atoms with E-state index in [-0.39, 0.29) is 6.04 Å². The molecule has 0 aromatic heterocycles. The van der Waals surface area contributed by atoms with Crippen molar-refractivity contribution in [2.75, 3.05) is 24.3 Å². The number of anilines is 2. The van der Waals surface area contributed by atoms with Gasteiger partial charge >= 0.3 is 0 Å². The SMILES string of the molecule is CCOCC(Nc1cc(Cl)c(N)cc1C)C(C)C. The first-order chi connectivity index (χ1) is 8.45. The summed E-state index contributed by atoms with van der Waals surface area (Å²) >= 11 is 6.06. The Morgan fingerprint density at radius 3 is 2.61 bits per heavy atom. The number of hydrogen-bond acceptors (Lipinski definition) is 3. The van der Waals surface area contributed by atoms with Crippen LogP contribution in [-0.2, 0) is 4.74 Å². The van der Waals surface area contributed by atoms with E-state index >= 15 is 0 Å². The average molecular weight is 271 g/mol. The molecule has 1 atom stereocenters. The van der Waals surface area contributed by atoms with E-state index in [4.69, 9.17) is 22.1 Å². The van der Waals surface area contributed by atoms with Gasteiger partial charge in [-0.1, -0.05) is 25.4 Å². The van der Waals surface area contributed by atoms with Gasteiger partial charge in [0, 0.05) is 12.3 Å². The Bertz CT molecular complexity index is 394. The zero-order valence-corrected chi connectivity index (χ0v) is 12.3. The van der Waals surface area contributed by atoms with Crippen molar-refractivity contribution in [3.05, 3.63) is 22.7 Å². The van der Waals surface area contributed by atoms with Crippen LogP contribution >= 0.6 is 11.6 Å². The number of benzene rings is 1. The molecule has 0 bridgehead atoms. The van der Waals surface area contributed by atoms with Gasteiger partial charge in [0.05, 0.1) is 23.4 Å². The summed E-state index contributed by atoms with van der Waals surface area (Å²) < 4.78 is 5.50. The number of nitrogen functional groups attached to an aromatic ring is 1. The monoisotopic (exact) mass is 270 g/mol. The molecule has 102 valence electrons. The highest BCUT2D eigenvalue weighted by Gasteiger charge is 2.15. The standard InChI is InChI=1S/C14H23ClN2O/c1-5-18-8-14(9(2)3)17-13-7-11(15)12(16)6-10(13)4/h6-7,9,14,17H,5,8,16H2,1-4H3. The molecule has 0 heterocycles. The lowest BCUT2D eigenvalue weighted by Crippen LogP contribution is -2.31. The molecule has 4 heteroatoms. The second-order valence-electron chi connectivity index (χ2n) is 4.84. The minimum absolute atomic E-state index is 0.267. The van der Waals surface area contributed by atoms with Crippen LogP contribution in [0.1, 0.15) is 26.3 Å². The largest absolute Gasteiger partial charge is 0.398 e. The second-order valence-corrected chi connectivity index (χ2v) is 5.25. The molecule has 0 aliphatic carbocycles. The van der Waals surface area contributed by atoms with Gasteiger partial charge in [-0.05, 0) is 37.5 Å². The highest BCUT2D eigenvalue weighted by Crippen LogP contribution is 2.27. The molecule has 0 saturated heterocycles. The number of nitrogens with one attached hydrogen (secondary N) is 1. The number of halogens is 1. The molecule has 0 aliphatic rings. The Morgan fingerprint density at radius 2 is 2.06 bits per heavy atom. The van der Waals surface area contributed by atoms with Crippen molar-refractivity contribution < 1.29 is 4.74 Å².